The van der Waals surface area contributed by atoms with Crippen LogP contribution in [0.2, 0.25) is 0 Å². The van der Waals surface area contributed by atoms with E-state index in [4.69, 9.17) is 4.74 Å². The number of hydrogen-bond acceptors (Lipinski definition) is 3. The molecule has 0 aliphatic carbocycles. The molecule has 4 heteroatoms. The molecule has 0 aliphatic rings. The van der Waals surface area contributed by atoms with Gasteiger partial charge in [0.2, 0.25) is 0 Å². The molecular formula is C15H17NO3. The first kappa shape index (κ1) is 13.2. The molecule has 100 valence electrons. The first-order valence-corrected chi connectivity index (χ1v) is 5.99. The van der Waals surface area contributed by atoms with E-state index in [9.17, 15) is 9.90 Å². The van der Waals surface area contributed by atoms with Crippen LogP contribution in [0, 0.1) is 13.8 Å². The first-order chi connectivity index (χ1) is 9.01. The van der Waals surface area contributed by atoms with Crippen molar-refractivity contribution in [2.24, 2.45) is 7.05 Å². The van der Waals surface area contributed by atoms with Crippen LogP contribution in [0.4, 0.5) is 0 Å². The largest absolute Gasteiger partial charge is 0.504 e. The monoisotopic (exact) mass is 259 g/mol. The molecule has 2 rings (SSSR count). The summed E-state index contributed by atoms with van der Waals surface area (Å²) in [7, 11) is 3.42. The van der Waals surface area contributed by atoms with Crippen molar-refractivity contribution >= 4 is 6.29 Å². The van der Waals surface area contributed by atoms with Crippen molar-refractivity contribution in [1.82, 2.24) is 4.57 Å². The third kappa shape index (κ3) is 1.99. The summed E-state index contributed by atoms with van der Waals surface area (Å²) >= 11 is 0. The molecule has 0 saturated carbocycles. The third-order valence-corrected chi connectivity index (χ3v) is 3.56. The van der Waals surface area contributed by atoms with Gasteiger partial charge in [-0.2, -0.15) is 0 Å². The number of phenols is 1. The number of carbonyl (C=O) groups is 1. The lowest BCUT2D eigenvalue weighted by molar-refractivity contribution is 0.112. The second-order valence-corrected chi connectivity index (χ2v) is 4.54. The lowest BCUT2D eigenvalue weighted by Crippen LogP contribution is -1.95. The van der Waals surface area contributed by atoms with Crippen molar-refractivity contribution in [2.75, 3.05) is 7.11 Å². The second kappa shape index (κ2) is 4.80. The lowest BCUT2D eigenvalue weighted by atomic mass is 10.1. The van der Waals surface area contributed by atoms with Crippen molar-refractivity contribution in [3.63, 3.8) is 0 Å². The zero-order valence-electron chi connectivity index (χ0n) is 11.5. The topological polar surface area (TPSA) is 51.5 Å². The number of aromatic nitrogens is 1. The van der Waals surface area contributed by atoms with E-state index in [2.05, 4.69) is 0 Å². The standard InChI is InChI=1S/C15H17NO3/c1-9-12(8-17)10(2)16(3)15(9)11-5-6-14(19-4)13(18)7-11/h5-8,18H,1-4H3. The molecule has 0 spiro atoms. The van der Waals surface area contributed by atoms with Gasteiger partial charge in [0, 0.05) is 23.9 Å². The number of methoxy groups -OCH3 is 1. The first-order valence-electron chi connectivity index (χ1n) is 5.99. The van der Waals surface area contributed by atoms with Gasteiger partial charge >= 0.3 is 0 Å². The van der Waals surface area contributed by atoms with Gasteiger partial charge in [-0.15, -0.1) is 0 Å². The van der Waals surface area contributed by atoms with Crippen LogP contribution < -0.4 is 4.74 Å². The van der Waals surface area contributed by atoms with Crippen LogP contribution >= 0.6 is 0 Å². The minimum absolute atomic E-state index is 0.0888. The average Bonchev–Trinajstić information content (AvgIpc) is 2.60. The number of nitrogens with zero attached hydrogens (tertiary/aromatic N) is 1. The van der Waals surface area contributed by atoms with E-state index in [0.29, 0.717) is 11.3 Å². The summed E-state index contributed by atoms with van der Waals surface area (Å²) in [6, 6.07) is 5.23. The number of rotatable bonds is 3. The summed E-state index contributed by atoms with van der Waals surface area (Å²) in [5.41, 5.74) is 4.32. The molecule has 1 N–H and O–H groups in total. The maximum Gasteiger partial charge on any atom is 0.160 e. The average molecular weight is 259 g/mol. The van der Waals surface area contributed by atoms with Gasteiger partial charge in [-0.3, -0.25) is 4.79 Å². The molecule has 19 heavy (non-hydrogen) atoms. The molecule has 0 amide bonds. The molecule has 2 aromatic rings. The van der Waals surface area contributed by atoms with Crippen molar-refractivity contribution < 1.29 is 14.6 Å². The summed E-state index contributed by atoms with van der Waals surface area (Å²) in [5, 5.41) is 9.86. The Bertz CT molecular complexity index is 641. The lowest BCUT2D eigenvalue weighted by Gasteiger charge is -2.09. The fourth-order valence-corrected chi connectivity index (χ4v) is 2.42. The zero-order valence-corrected chi connectivity index (χ0v) is 11.5. The van der Waals surface area contributed by atoms with E-state index in [0.717, 1.165) is 28.8 Å². The molecular weight excluding hydrogens is 242 g/mol. The minimum atomic E-state index is 0.0888. The Morgan fingerprint density at radius 3 is 2.47 bits per heavy atom. The van der Waals surface area contributed by atoms with Crippen LogP contribution in [0.15, 0.2) is 18.2 Å². The summed E-state index contributed by atoms with van der Waals surface area (Å²) in [6.45, 7) is 3.82. The quantitative estimate of drug-likeness (QED) is 0.862. The van der Waals surface area contributed by atoms with Gasteiger partial charge in [-0.25, -0.2) is 0 Å². The van der Waals surface area contributed by atoms with Gasteiger partial charge in [0.15, 0.2) is 17.8 Å². The molecule has 0 unspecified atom stereocenters. The highest BCUT2D eigenvalue weighted by Gasteiger charge is 2.17. The van der Waals surface area contributed by atoms with Crippen LogP contribution in [0.3, 0.4) is 0 Å². The number of benzene rings is 1. The van der Waals surface area contributed by atoms with E-state index in [1.165, 1.54) is 7.11 Å². The molecule has 1 aromatic carbocycles. The van der Waals surface area contributed by atoms with Crippen LogP contribution in [0.25, 0.3) is 11.3 Å². The maximum atomic E-state index is 11.1. The van der Waals surface area contributed by atoms with Gasteiger partial charge in [0.1, 0.15) is 0 Å². The summed E-state index contributed by atoms with van der Waals surface area (Å²) < 4.78 is 6.99. The molecule has 0 fully saturated rings. The van der Waals surface area contributed by atoms with Gasteiger partial charge < -0.3 is 14.4 Å². The number of aldehydes is 1. The van der Waals surface area contributed by atoms with Crippen molar-refractivity contribution in [2.45, 2.75) is 13.8 Å². The van der Waals surface area contributed by atoms with Crippen molar-refractivity contribution in [3.8, 4) is 22.8 Å². The highest BCUT2D eigenvalue weighted by Crippen LogP contribution is 2.34. The highest BCUT2D eigenvalue weighted by molar-refractivity contribution is 5.85. The molecule has 0 bridgehead atoms. The Morgan fingerprint density at radius 1 is 1.32 bits per heavy atom. The van der Waals surface area contributed by atoms with Gasteiger partial charge in [0.25, 0.3) is 0 Å². The molecule has 1 heterocycles. The Balaban J connectivity index is 2.66. The molecule has 4 nitrogen and oxygen atoms in total. The second-order valence-electron chi connectivity index (χ2n) is 4.54. The van der Waals surface area contributed by atoms with Gasteiger partial charge in [0.05, 0.1) is 12.8 Å². The number of aromatic hydroxyl groups is 1. The minimum Gasteiger partial charge on any atom is -0.504 e. The van der Waals surface area contributed by atoms with Gasteiger partial charge in [-0.1, -0.05) is 0 Å². The summed E-state index contributed by atoms with van der Waals surface area (Å²) in [6.07, 6.45) is 0.873. The Kier molecular flexibility index (Phi) is 3.34. The molecule has 0 atom stereocenters. The normalized spacial score (nSPS) is 10.5. The SMILES string of the molecule is COc1ccc(-c2c(C)c(C=O)c(C)n2C)cc1O. The number of hydrogen-bond donors (Lipinski definition) is 1. The van der Waals surface area contributed by atoms with Crippen molar-refractivity contribution in [3.05, 3.63) is 35.0 Å². The fourth-order valence-electron chi connectivity index (χ4n) is 2.42. The Labute approximate surface area is 112 Å². The summed E-state index contributed by atoms with van der Waals surface area (Å²) in [5.74, 6) is 0.522. The van der Waals surface area contributed by atoms with E-state index < -0.39 is 0 Å². The van der Waals surface area contributed by atoms with Crippen LogP contribution in [-0.2, 0) is 7.05 Å². The summed E-state index contributed by atoms with van der Waals surface area (Å²) in [4.78, 5) is 11.1. The van der Waals surface area contributed by atoms with Gasteiger partial charge in [-0.05, 0) is 37.6 Å². The Morgan fingerprint density at radius 2 is 2.00 bits per heavy atom. The molecule has 0 saturated heterocycles. The highest BCUT2D eigenvalue weighted by atomic mass is 16.5. The van der Waals surface area contributed by atoms with Crippen LogP contribution in [-0.4, -0.2) is 23.1 Å². The third-order valence-electron chi connectivity index (χ3n) is 3.56. The van der Waals surface area contributed by atoms with Crippen molar-refractivity contribution in [1.29, 1.82) is 0 Å². The smallest absolute Gasteiger partial charge is 0.160 e. The number of phenolic OH excluding ortho intramolecular Hbond substituents is 1. The van der Waals surface area contributed by atoms with E-state index >= 15 is 0 Å². The maximum absolute atomic E-state index is 11.1. The predicted molar refractivity (Wildman–Crippen MR) is 73.9 cm³/mol. The fraction of sp³-hybridized carbons (Fsp3) is 0.267. The molecule has 0 aliphatic heterocycles. The van der Waals surface area contributed by atoms with E-state index in [-0.39, 0.29) is 5.75 Å². The van der Waals surface area contributed by atoms with Crippen LogP contribution in [0.1, 0.15) is 21.6 Å². The zero-order chi connectivity index (χ0) is 14.2. The van der Waals surface area contributed by atoms with E-state index in [1.807, 2.05) is 31.5 Å². The molecule has 0 radical (unpaired) electrons. The van der Waals surface area contributed by atoms with E-state index in [1.54, 1.807) is 12.1 Å². The Hall–Kier alpha value is -2.23. The number of carbonyl (C=O) groups excluding carboxylic acids is 1. The molecule has 1 aromatic heterocycles. The van der Waals surface area contributed by atoms with Crippen LogP contribution in [0.5, 0.6) is 11.5 Å². The number of ether oxygens (including phenoxy) is 1. The predicted octanol–water partition coefficient (Wildman–Crippen LogP) is 2.84.